The Hall–Kier alpha value is -2.77. The van der Waals surface area contributed by atoms with Crippen LogP contribution in [0.15, 0.2) is 54.6 Å². The number of carbonyl (C=O) groups is 2. The van der Waals surface area contributed by atoms with Crippen molar-refractivity contribution >= 4 is 23.4 Å². The molecule has 2 amide bonds. The molecule has 7 nitrogen and oxygen atoms in total. The van der Waals surface area contributed by atoms with Crippen LogP contribution in [0, 0.1) is 5.41 Å². The molecule has 8 heteroatoms. The van der Waals surface area contributed by atoms with Gasteiger partial charge in [-0.1, -0.05) is 29.8 Å². The quantitative estimate of drug-likeness (QED) is 0.569. The maximum Gasteiger partial charge on any atom is 0.260 e. The minimum Gasteiger partial charge on any atom is -0.493 e. The summed E-state index contributed by atoms with van der Waals surface area (Å²) in [5, 5.41) is 0.621. The fraction of sp³-hybridized carbons (Fsp3) is 0.462. The molecule has 4 rings (SSSR count). The monoisotopic (exact) mass is 486 g/mol. The van der Waals surface area contributed by atoms with Gasteiger partial charge in [-0.25, -0.2) is 0 Å². The van der Waals surface area contributed by atoms with Crippen molar-refractivity contribution in [2.24, 2.45) is 5.41 Å². The van der Waals surface area contributed by atoms with Crippen LogP contribution in [0.5, 0.6) is 11.5 Å². The summed E-state index contributed by atoms with van der Waals surface area (Å²) in [6.45, 7) is 3.96. The van der Waals surface area contributed by atoms with Crippen molar-refractivity contribution in [1.29, 1.82) is 0 Å². The van der Waals surface area contributed by atoms with Gasteiger partial charge in [-0.3, -0.25) is 9.59 Å². The van der Waals surface area contributed by atoms with Gasteiger partial charge in [0.15, 0.2) is 6.61 Å². The fourth-order valence-corrected chi connectivity index (χ4v) is 4.49. The third-order valence-corrected chi connectivity index (χ3v) is 6.78. The molecule has 2 saturated heterocycles. The number of ether oxygens (including phenoxy) is 3. The maximum absolute atomic E-state index is 13.1. The summed E-state index contributed by atoms with van der Waals surface area (Å²) in [5.41, 5.74) is -0.320. The number of morpholine rings is 1. The number of hydrogen-bond acceptors (Lipinski definition) is 5. The van der Waals surface area contributed by atoms with E-state index < -0.39 is 0 Å². The molecule has 0 unspecified atom stereocenters. The molecule has 0 saturated carbocycles. The second-order valence-corrected chi connectivity index (χ2v) is 9.33. The van der Waals surface area contributed by atoms with Crippen molar-refractivity contribution in [2.45, 2.75) is 19.3 Å². The van der Waals surface area contributed by atoms with E-state index in [1.807, 2.05) is 40.1 Å². The van der Waals surface area contributed by atoms with Gasteiger partial charge in [-0.05, 0) is 49.2 Å². The first kappa shape index (κ1) is 24.4. The Morgan fingerprint density at radius 2 is 1.44 bits per heavy atom. The molecule has 0 spiro atoms. The SMILES string of the molecule is O=C(COc1ccc(Cl)cc1)N1CCC(COc2ccccc2)(CC(=O)N2CCOCC2)CC1. The Bertz CT molecular complexity index is 939. The second kappa shape index (κ2) is 11.6. The molecule has 2 aliphatic rings. The second-order valence-electron chi connectivity index (χ2n) is 8.90. The van der Waals surface area contributed by atoms with Crippen molar-refractivity contribution in [3.8, 4) is 11.5 Å². The van der Waals surface area contributed by atoms with Gasteiger partial charge >= 0.3 is 0 Å². The summed E-state index contributed by atoms with van der Waals surface area (Å²) < 4.78 is 17.1. The topological polar surface area (TPSA) is 68.3 Å². The number of piperidine rings is 1. The van der Waals surface area contributed by atoms with Crippen LogP contribution in [0.1, 0.15) is 19.3 Å². The first-order valence-electron chi connectivity index (χ1n) is 11.7. The zero-order valence-corrected chi connectivity index (χ0v) is 20.0. The molecule has 182 valence electrons. The highest BCUT2D eigenvalue weighted by atomic mass is 35.5. The first-order valence-corrected chi connectivity index (χ1v) is 12.1. The van der Waals surface area contributed by atoms with Crippen molar-refractivity contribution < 1.29 is 23.8 Å². The maximum atomic E-state index is 13.1. The molecule has 2 aliphatic heterocycles. The summed E-state index contributed by atoms with van der Waals surface area (Å²) in [5.74, 6) is 1.46. The van der Waals surface area contributed by atoms with Gasteiger partial charge in [0.05, 0.1) is 19.8 Å². The molecule has 0 radical (unpaired) electrons. The Balaban J connectivity index is 1.35. The van der Waals surface area contributed by atoms with E-state index in [4.69, 9.17) is 25.8 Å². The number of halogens is 1. The molecule has 2 aromatic carbocycles. The number of benzene rings is 2. The molecule has 0 bridgehead atoms. The molecule has 2 aromatic rings. The number of carbonyl (C=O) groups excluding carboxylic acids is 2. The first-order chi connectivity index (χ1) is 16.5. The number of para-hydroxylation sites is 1. The summed E-state index contributed by atoms with van der Waals surface area (Å²) in [6, 6.07) is 16.6. The highest BCUT2D eigenvalue weighted by Gasteiger charge is 2.40. The van der Waals surface area contributed by atoms with Gasteiger partial charge in [-0.2, -0.15) is 0 Å². The van der Waals surface area contributed by atoms with E-state index in [0.717, 1.165) is 5.75 Å². The minimum absolute atomic E-state index is 0.0259. The van der Waals surface area contributed by atoms with Gasteiger partial charge in [0.25, 0.3) is 5.91 Å². The van der Waals surface area contributed by atoms with Crippen LogP contribution in [-0.2, 0) is 14.3 Å². The number of nitrogens with zero attached hydrogens (tertiary/aromatic N) is 2. The molecule has 0 atom stereocenters. The van der Waals surface area contributed by atoms with Gasteiger partial charge in [0.2, 0.25) is 5.91 Å². The molecule has 0 aliphatic carbocycles. The van der Waals surface area contributed by atoms with E-state index in [-0.39, 0.29) is 23.8 Å². The molecule has 0 N–H and O–H groups in total. The molecule has 2 fully saturated rings. The minimum atomic E-state index is -0.320. The lowest BCUT2D eigenvalue weighted by molar-refractivity contribution is -0.141. The van der Waals surface area contributed by atoms with Crippen molar-refractivity contribution in [1.82, 2.24) is 9.80 Å². The van der Waals surface area contributed by atoms with Crippen LogP contribution in [0.4, 0.5) is 0 Å². The third kappa shape index (κ3) is 6.64. The Morgan fingerprint density at radius 3 is 2.12 bits per heavy atom. The van der Waals surface area contributed by atoms with E-state index in [1.54, 1.807) is 24.3 Å². The van der Waals surface area contributed by atoms with Crippen LogP contribution in [0.3, 0.4) is 0 Å². The molecule has 0 aromatic heterocycles. The lowest BCUT2D eigenvalue weighted by Gasteiger charge is -2.42. The predicted octanol–water partition coefficient (Wildman–Crippen LogP) is 3.66. The summed E-state index contributed by atoms with van der Waals surface area (Å²) in [4.78, 5) is 29.5. The van der Waals surface area contributed by atoms with E-state index in [1.165, 1.54) is 0 Å². The van der Waals surface area contributed by atoms with Crippen molar-refractivity contribution in [3.63, 3.8) is 0 Å². The highest BCUT2D eigenvalue weighted by molar-refractivity contribution is 6.30. The molecular weight excluding hydrogens is 456 g/mol. The van der Waals surface area contributed by atoms with E-state index in [9.17, 15) is 9.59 Å². The predicted molar refractivity (Wildman–Crippen MR) is 129 cm³/mol. The number of hydrogen-bond donors (Lipinski definition) is 0. The normalized spacial score (nSPS) is 17.8. The molecule has 34 heavy (non-hydrogen) atoms. The third-order valence-electron chi connectivity index (χ3n) is 6.53. The lowest BCUT2D eigenvalue weighted by atomic mass is 9.75. The average Bonchev–Trinajstić information content (AvgIpc) is 2.88. The van der Waals surface area contributed by atoms with Crippen molar-refractivity contribution in [2.75, 3.05) is 52.6 Å². The smallest absolute Gasteiger partial charge is 0.260 e. The summed E-state index contributed by atoms with van der Waals surface area (Å²) >= 11 is 5.90. The largest absolute Gasteiger partial charge is 0.493 e. The van der Waals surface area contributed by atoms with Gasteiger partial charge in [0.1, 0.15) is 11.5 Å². The Morgan fingerprint density at radius 1 is 0.824 bits per heavy atom. The summed E-state index contributed by atoms with van der Waals surface area (Å²) in [6.07, 6.45) is 1.80. The number of rotatable bonds is 8. The van der Waals surface area contributed by atoms with Crippen LogP contribution in [-0.4, -0.2) is 74.2 Å². The molecular formula is C26H31ClN2O5. The van der Waals surface area contributed by atoms with Crippen LogP contribution in [0.2, 0.25) is 5.02 Å². The summed E-state index contributed by atoms with van der Waals surface area (Å²) in [7, 11) is 0. The van der Waals surface area contributed by atoms with Crippen LogP contribution < -0.4 is 9.47 Å². The number of amides is 2. The van der Waals surface area contributed by atoms with Crippen LogP contribution in [0.25, 0.3) is 0 Å². The lowest BCUT2D eigenvalue weighted by Crippen LogP contribution is -2.50. The Labute approximate surface area is 205 Å². The van der Waals surface area contributed by atoms with Crippen LogP contribution >= 0.6 is 11.6 Å². The zero-order chi connectivity index (χ0) is 23.8. The molecule has 2 heterocycles. The zero-order valence-electron chi connectivity index (χ0n) is 19.3. The highest BCUT2D eigenvalue weighted by Crippen LogP contribution is 2.37. The van der Waals surface area contributed by atoms with E-state index in [2.05, 4.69) is 0 Å². The van der Waals surface area contributed by atoms with Gasteiger partial charge in [0, 0.05) is 43.0 Å². The standard InChI is InChI=1S/C26H31ClN2O5/c27-21-6-8-23(9-7-21)33-19-25(31)28-12-10-26(11-13-28,20-34-22-4-2-1-3-5-22)18-24(30)29-14-16-32-17-15-29/h1-9H,10-20H2. The van der Waals surface area contributed by atoms with E-state index >= 15 is 0 Å². The Kier molecular flexibility index (Phi) is 8.29. The average molecular weight is 487 g/mol. The van der Waals surface area contributed by atoms with E-state index in [0.29, 0.717) is 76.0 Å². The van der Waals surface area contributed by atoms with Gasteiger partial charge < -0.3 is 24.0 Å². The number of likely N-dealkylation sites (tertiary alicyclic amines) is 1. The fourth-order valence-electron chi connectivity index (χ4n) is 4.37. The van der Waals surface area contributed by atoms with Gasteiger partial charge in [-0.15, -0.1) is 0 Å². The van der Waals surface area contributed by atoms with Crippen molar-refractivity contribution in [3.05, 3.63) is 59.6 Å².